The zero-order valence-electron chi connectivity index (χ0n) is 12.2. The van der Waals surface area contributed by atoms with Gasteiger partial charge >= 0.3 is 0 Å². The van der Waals surface area contributed by atoms with Crippen LogP contribution in [0, 0.1) is 5.41 Å². The fourth-order valence-corrected chi connectivity index (χ4v) is 2.32. The molecule has 0 saturated carbocycles. The van der Waals surface area contributed by atoms with Crippen LogP contribution in [0.4, 0.5) is 5.69 Å². The molecule has 1 heterocycles. The number of rotatable bonds is 6. The van der Waals surface area contributed by atoms with Crippen molar-refractivity contribution in [1.29, 1.82) is 0 Å². The predicted molar refractivity (Wildman–Crippen MR) is 80.3 cm³/mol. The van der Waals surface area contributed by atoms with Gasteiger partial charge in [0.15, 0.2) is 0 Å². The summed E-state index contributed by atoms with van der Waals surface area (Å²) in [6.45, 7) is 8.66. The first-order valence-electron chi connectivity index (χ1n) is 7.25. The SMILES string of the molecule is CC(C)(CO)CNc1ccc(CN2CCCC2)cc1. The van der Waals surface area contributed by atoms with Crippen LogP contribution >= 0.6 is 0 Å². The lowest BCUT2D eigenvalue weighted by Crippen LogP contribution is -2.26. The summed E-state index contributed by atoms with van der Waals surface area (Å²) in [5.74, 6) is 0. The van der Waals surface area contributed by atoms with Crippen molar-refractivity contribution in [2.75, 3.05) is 31.6 Å². The Bertz CT molecular complexity index is 380. The standard InChI is InChI=1S/C16H26N2O/c1-16(2,13-19)12-17-15-7-5-14(6-8-15)11-18-9-3-4-10-18/h5-8,17,19H,3-4,9-13H2,1-2H3. The Kier molecular flexibility index (Phi) is 4.83. The van der Waals surface area contributed by atoms with E-state index in [0.717, 1.165) is 18.8 Å². The Hall–Kier alpha value is -1.06. The second-order valence-corrected chi connectivity index (χ2v) is 6.36. The molecule has 0 aliphatic carbocycles. The van der Waals surface area contributed by atoms with Crippen LogP contribution in [0.25, 0.3) is 0 Å². The minimum absolute atomic E-state index is 0.0752. The van der Waals surface area contributed by atoms with Gasteiger partial charge in [-0.05, 0) is 43.6 Å². The number of benzene rings is 1. The third-order valence-corrected chi connectivity index (χ3v) is 3.76. The highest BCUT2D eigenvalue weighted by molar-refractivity contribution is 5.44. The minimum Gasteiger partial charge on any atom is -0.396 e. The number of nitrogens with zero attached hydrogens (tertiary/aromatic N) is 1. The maximum atomic E-state index is 9.23. The van der Waals surface area contributed by atoms with E-state index in [-0.39, 0.29) is 12.0 Å². The fourth-order valence-electron chi connectivity index (χ4n) is 2.32. The quantitative estimate of drug-likeness (QED) is 0.827. The van der Waals surface area contributed by atoms with Crippen molar-refractivity contribution in [3.05, 3.63) is 29.8 Å². The molecule has 19 heavy (non-hydrogen) atoms. The van der Waals surface area contributed by atoms with Crippen molar-refractivity contribution in [3.8, 4) is 0 Å². The largest absolute Gasteiger partial charge is 0.396 e. The van der Waals surface area contributed by atoms with E-state index in [9.17, 15) is 5.11 Å². The van der Waals surface area contributed by atoms with E-state index in [0.29, 0.717) is 0 Å². The summed E-state index contributed by atoms with van der Waals surface area (Å²) in [5.41, 5.74) is 2.44. The molecule has 1 fully saturated rings. The highest BCUT2D eigenvalue weighted by atomic mass is 16.3. The normalized spacial score (nSPS) is 16.8. The van der Waals surface area contributed by atoms with Crippen LogP contribution in [0.5, 0.6) is 0 Å². The topological polar surface area (TPSA) is 35.5 Å². The Morgan fingerprint density at radius 1 is 1.16 bits per heavy atom. The summed E-state index contributed by atoms with van der Waals surface area (Å²) >= 11 is 0. The molecule has 1 aliphatic heterocycles. The summed E-state index contributed by atoms with van der Waals surface area (Å²) in [7, 11) is 0. The maximum absolute atomic E-state index is 9.23. The lowest BCUT2D eigenvalue weighted by Gasteiger charge is -2.22. The molecule has 0 amide bonds. The van der Waals surface area contributed by atoms with Crippen LogP contribution in [-0.4, -0.2) is 36.2 Å². The second kappa shape index (κ2) is 6.40. The summed E-state index contributed by atoms with van der Waals surface area (Å²) in [4.78, 5) is 2.51. The van der Waals surface area contributed by atoms with E-state index in [4.69, 9.17) is 0 Å². The molecule has 0 radical (unpaired) electrons. The van der Waals surface area contributed by atoms with Crippen LogP contribution < -0.4 is 5.32 Å². The lowest BCUT2D eigenvalue weighted by molar-refractivity contribution is 0.171. The van der Waals surface area contributed by atoms with Crippen molar-refractivity contribution >= 4 is 5.69 Å². The van der Waals surface area contributed by atoms with Gasteiger partial charge in [-0.25, -0.2) is 0 Å². The molecule has 3 heteroatoms. The Labute approximate surface area is 116 Å². The van der Waals surface area contributed by atoms with Gasteiger partial charge in [0.05, 0.1) is 0 Å². The van der Waals surface area contributed by atoms with Crippen LogP contribution in [0.1, 0.15) is 32.3 Å². The van der Waals surface area contributed by atoms with Crippen molar-refractivity contribution in [3.63, 3.8) is 0 Å². The van der Waals surface area contributed by atoms with E-state index < -0.39 is 0 Å². The van der Waals surface area contributed by atoms with Crippen molar-refractivity contribution in [2.24, 2.45) is 5.41 Å². The van der Waals surface area contributed by atoms with E-state index >= 15 is 0 Å². The molecule has 2 N–H and O–H groups in total. The van der Waals surface area contributed by atoms with Gasteiger partial charge in [-0.15, -0.1) is 0 Å². The first-order valence-corrected chi connectivity index (χ1v) is 7.25. The van der Waals surface area contributed by atoms with Gasteiger partial charge in [-0.3, -0.25) is 4.90 Å². The van der Waals surface area contributed by atoms with Gasteiger partial charge in [0.1, 0.15) is 0 Å². The summed E-state index contributed by atoms with van der Waals surface area (Å²) in [6.07, 6.45) is 2.69. The molecule has 2 rings (SSSR count). The highest BCUT2D eigenvalue weighted by Crippen LogP contribution is 2.18. The third kappa shape index (κ3) is 4.51. The van der Waals surface area contributed by atoms with Crippen molar-refractivity contribution < 1.29 is 5.11 Å². The molecule has 1 aromatic carbocycles. The van der Waals surface area contributed by atoms with E-state index in [1.165, 1.54) is 31.5 Å². The molecule has 0 aromatic heterocycles. The van der Waals surface area contributed by atoms with E-state index in [1.54, 1.807) is 0 Å². The minimum atomic E-state index is -0.0752. The van der Waals surface area contributed by atoms with Gasteiger partial charge in [-0.2, -0.15) is 0 Å². The summed E-state index contributed by atoms with van der Waals surface area (Å²) < 4.78 is 0. The second-order valence-electron chi connectivity index (χ2n) is 6.36. The zero-order chi connectivity index (χ0) is 13.7. The van der Waals surface area contributed by atoms with Crippen LogP contribution in [0.2, 0.25) is 0 Å². The molecular formula is C16H26N2O. The van der Waals surface area contributed by atoms with Gasteiger partial charge in [0.2, 0.25) is 0 Å². The third-order valence-electron chi connectivity index (χ3n) is 3.76. The highest BCUT2D eigenvalue weighted by Gasteiger charge is 2.16. The number of likely N-dealkylation sites (tertiary alicyclic amines) is 1. The summed E-state index contributed by atoms with van der Waals surface area (Å²) in [5, 5.41) is 12.6. The number of hydrogen-bond donors (Lipinski definition) is 2. The van der Waals surface area contributed by atoms with Crippen molar-refractivity contribution in [1.82, 2.24) is 4.90 Å². The number of hydrogen-bond acceptors (Lipinski definition) is 3. The zero-order valence-corrected chi connectivity index (χ0v) is 12.2. The molecule has 0 unspecified atom stereocenters. The van der Waals surface area contributed by atoms with Crippen LogP contribution in [-0.2, 0) is 6.54 Å². The first-order chi connectivity index (χ1) is 9.09. The molecule has 1 saturated heterocycles. The van der Waals surface area contributed by atoms with Gasteiger partial charge < -0.3 is 10.4 Å². The lowest BCUT2D eigenvalue weighted by atomic mass is 9.95. The molecule has 106 valence electrons. The average Bonchev–Trinajstić information content (AvgIpc) is 2.91. The molecule has 1 aromatic rings. The average molecular weight is 262 g/mol. The number of anilines is 1. The summed E-state index contributed by atoms with van der Waals surface area (Å²) in [6, 6.07) is 8.68. The molecule has 3 nitrogen and oxygen atoms in total. The Morgan fingerprint density at radius 2 is 1.79 bits per heavy atom. The Morgan fingerprint density at radius 3 is 2.37 bits per heavy atom. The number of aliphatic hydroxyl groups excluding tert-OH is 1. The van der Waals surface area contributed by atoms with Gasteiger partial charge in [0.25, 0.3) is 0 Å². The van der Waals surface area contributed by atoms with E-state index in [1.807, 2.05) is 0 Å². The monoisotopic (exact) mass is 262 g/mol. The van der Waals surface area contributed by atoms with Gasteiger partial charge in [0, 0.05) is 30.8 Å². The number of aliphatic hydroxyl groups is 1. The molecule has 0 atom stereocenters. The molecule has 0 spiro atoms. The molecular weight excluding hydrogens is 236 g/mol. The predicted octanol–water partition coefficient (Wildman–Crippen LogP) is 2.71. The van der Waals surface area contributed by atoms with Gasteiger partial charge in [-0.1, -0.05) is 26.0 Å². The Balaban J connectivity index is 1.84. The smallest absolute Gasteiger partial charge is 0.0498 e. The van der Waals surface area contributed by atoms with Crippen molar-refractivity contribution in [2.45, 2.75) is 33.2 Å². The maximum Gasteiger partial charge on any atom is 0.0498 e. The molecule has 1 aliphatic rings. The van der Waals surface area contributed by atoms with E-state index in [2.05, 4.69) is 48.3 Å². The fraction of sp³-hybridized carbons (Fsp3) is 0.625. The molecule has 0 bridgehead atoms. The van der Waals surface area contributed by atoms with Crippen LogP contribution in [0.3, 0.4) is 0 Å². The number of nitrogens with one attached hydrogen (secondary N) is 1. The first kappa shape index (κ1) is 14.4. The van der Waals surface area contributed by atoms with Crippen LogP contribution in [0.15, 0.2) is 24.3 Å².